The Balaban J connectivity index is 4.32. The minimum atomic E-state index is 0.0486. The summed E-state index contributed by atoms with van der Waals surface area (Å²) < 4.78 is 5.46. The number of methoxy groups -OCH3 is 1. The van der Waals surface area contributed by atoms with Crippen molar-refractivity contribution in [2.45, 2.75) is 52.7 Å². The van der Waals surface area contributed by atoms with Gasteiger partial charge in [-0.3, -0.25) is 0 Å². The van der Waals surface area contributed by atoms with Crippen molar-refractivity contribution in [3.63, 3.8) is 0 Å². The Bertz CT molecular complexity index is 181. The van der Waals surface area contributed by atoms with Gasteiger partial charge in [0, 0.05) is 13.2 Å². The number of nitrogens with two attached hydrogens (primary N) is 1. The summed E-state index contributed by atoms with van der Waals surface area (Å²) in [6.45, 7) is 12.5. The molecule has 14 heavy (non-hydrogen) atoms. The Morgan fingerprint density at radius 2 is 1.93 bits per heavy atom. The second kappa shape index (κ2) is 5.52. The molecule has 0 spiro atoms. The molecule has 0 radical (unpaired) electrons. The molecule has 2 unspecified atom stereocenters. The molecule has 0 fully saturated rings. The third kappa shape index (κ3) is 4.25. The molecule has 0 heterocycles. The third-order valence-corrected chi connectivity index (χ3v) is 2.52. The zero-order valence-electron chi connectivity index (χ0n) is 10.3. The van der Waals surface area contributed by atoms with Crippen molar-refractivity contribution in [1.29, 1.82) is 0 Å². The van der Waals surface area contributed by atoms with E-state index in [1.54, 1.807) is 7.11 Å². The maximum Gasteiger partial charge on any atom is 0.0773 e. The normalized spacial score (nSPS) is 16.4. The summed E-state index contributed by atoms with van der Waals surface area (Å²) in [7, 11) is 1.73. The summed E-state index contributed by atoms with van der Waals surface area (Å²) in [4.78, 5) is 0. The van der Waals surface area contributed by atoms with E-state index in [0.717, 1.165) is 12.8 Å². The monoisotopic (exact) mass is 199 g/mol. The van der Waals surface area contributed by atoms with Crippen LogP contribution in [0.3, 0.4) is 0 Å². The molecule has 0 saturated heterocycles. The molecule has 84 valence electrons. The Hall–Kier alpha value is -0.340. The Labute approximate surface area is 88.5 Å². The van der Waals surface area contributed by atoms with E-state index in [0.29, 0.717) is 0 Å². The van der Waals surface area contributed by atoms with Crippen LogP contribution in [0.5, 0.6) is 0 Å². The van der Waals surface area contributed by atoms with E-state index in [9.17, 15) is 0 Å². The zero-order valence-corrected chi connectivity index (χ0v) is 10.3. The lowest BCUT2D eigenvalue weighted by Crippen LogP contribution is -2.44. The minimum Gasteiger partial charge on any atom is -0.379 e. The lowest BCUT2D eigenvalue weighted by atomic mass is 9.82. The van der Waals surface area contributed by atoms with Crippen LogP contribution < -0.4 is 5.73 Å². The standard InChI is InChI=1S/C12H25NO/c1-7-9(2)8-10(13)11(14-6)12(3,4)5/h10-11H,2,7-8,13H2,1,3-6H3. The molecule has 0 saturated carbocycles. The Morgan fingerprint density at radius 1 is 1.43 bits per heavy atom. The van der Waals surface area contributed by atoms with Crippen LogP contribution in [0, 0.1) is 5.41 Å². The quantitative estimate of drug-likeness (QED) is 0.691. The highest BCUT2D eigenvalue weighted by Gasteiger charge is 2.29. The molecule has 0 bridgehead atoms. The van der Waals surface area contributed by atoms with Gasteiger partial charge >= 0.3 is 0 Å². The summed E-state index contributed by atoms with van der Waals surface area (Å²) in [5.74, 6) is 0. The molecule has 0 aliphatic carbocycles. The number of ether oxygens (including phenoxy) is 1. The van der Waals surface area contributed by atoms with E-state index in [1.165, 1.54) is 5.57 Å². The smallest absolute Gasteiger partial charge is 0.0773 e. The molecule has 0 amide bonds. The maximum atomic E-state index is 6.11. The van der Waals surface area contributed by atoms with Gasteiger partial charge in [-0.1, -0.05) is 39.8 Å². The van der Waals surface area contributed by atoms with Gasteiger partial charge in [-0.15, -0.1) is 0 Å². The van der Waals surface area contributed by atoms with Gasteiger partial charge in [-0.2, -0.15) is 0 Å². The molecule has 0 aromatic rings. The zero-order chi connectivity index (χ0) is 11.4. The summed E-state index contributed by atoms with van der Waals surface area (Å²) in [5, 5.41) is 0. The van der Waals surface area contributed by atoms with E-state index in [-0.39, 0.29) is 17.6 Å². The van der Waals surface area contributed by atoms with Crippen molar-refractivity contribution < 1.29 is 4.74 Å². The van der Waals surface area contributed by atoms with Gasteiger partial charge in [0.15, 0.2) is 0 Å². The number of hydrogen-bond donors (Lipinski definition) is 1. The van der Waals surface area contributed by atoms with E-state index in [1.807, 2.05) is 0 Å². The first-order valence-electron chi connectivity index (χ1n) is 5.28. The van der Waals surface area contributed by atoms with Crippen LogP contribution in [0.4, 0.5) is 0 Å². The summed E-state index contributed by atoms with van der Waals surface area (Å²) in [6.07, 6.45) is 1.94. The molecule has 0 aromatic carbocycles. The molecule has 0 aliphatic heterocycles. The van der Waals surface area contributed by atoms with Crippen LogP contribution in [-0.4, -0.2) is 19.3 Å². The third-order valence-electron chi connectivity index (χ3n) is 2.52. The number of rotatable bonds is 5. The summed E-state index contributed by atoms with van der Waals surface area (Å²) in [5.41, 5.74) is 7.39. The van der Waals surface area contributed by atoms with E-state index in [2.05, 4.69) is 34.3 Å². The molecule has 0 rings (SSSR count). The highest BCUT2D eigenvalue weighted by molar-refractivity contribution is 4.99. The lowest BCUT2D eigenvalue weighted by molar-refractivity contribution is -0.00173. The van der Waals surface area contributed by atoms with Crippen LogP contribution in [0.2, 0.25) is 0 Å². The molecule has 2 nitrogen and oxygen atoms in total. The largest absolute Gasteiger partial charge is 0.379 e. The molecular weight excluding hydrogens is 174 g/mol. The minimum absolute atomic E-state index is 0.0486. The van der Waals surface area contributed by atoms with Crippen molar-refractivity contribution in [3.8, 4) is 0 Å². The predicted octanol–water partition coefficient (Wildman–Crippen LogP) is 2.73. The van der Waals surface area contributed by atoms with Crippen molar-refractivity contribution in [1.82, 2.24) is 0 Å². The van der Waals surface area contributed by atoms with Crippen LogP contribution in [-0.2, 0) is 4.74 Å². The highest BCUT2D eigenvalue weighted by atomic mass is 16.5. The maximum absolute atomic E-state index is 6.11. The Kier molecular flexibility index (Phi) is 5.38. The van der Waals surface area contributed by atoms with Gasteiger partial charge in [0.05, 0.1) is 6.10 Å². The van der Waals surface area contributed by atoms with Gasteiger partial charge in [-0.05, 0) is 18.3 Å². The van der Waals surface area contributed by atoms with Crippen LogP contribution in [0.15, 0.2) is 12.2 Å². The summed E-state index contributed by atoms with van der Waals surface area (Å²) in [6, 6.07) is 0.0486. The van der Waals surface area contributed by atoms with Gasteiger partial charge < -0.3 is 10.5 Å². The predicted molar refractivity (Wildman–Crippen MR) is 62.3 cm³/mol. The molecular formula is C12H25NO. The summed E-state index contributed by atoms with van der Waals surface area (Å²) >= 11 is 0. The van der Waals surface area contributed by atoms with Crippen LogP contribution in [0.25, 0.3) is 0 Å². The molecule has 2 atom stereocenters. The van der Waals surface area contributed by atoms with Crippen LogP contribution >= 0.6 is 0 Å². The van der Waals surface area contributed by atoms with Gasteiger partial charge in [0.1, 0.15) is 0 Å². The van der Waals surface area contributed by atoms with Crippen molar-refractivity contribution >= 4 is 0 Å². The first-order chi connectivity index (χ1) is 6.32. The SMILES string of the molecule is C=C(CC)CC(N)C(OC)C(C)(C)C. The van der Waals surface area contributed by atoms with E-state index >= 15 is 0 Å². The fraction of sp³-hybridized carbons (Fsp3) is 0.833. The average molecular weight is 199 g/mol. The second-order valence-electron chi connectivity index (χ2n) is 4.99. The second-order valence-corrected chi connectivity index (χ2v) is 4.99. The van der Waals surface area contributed by atoms with Crippen LogP contribution in [0.1, 0.15) is 40.5 Å². The van der Waals surface area contributed by atoms with Gasteiger partial charge in [0.2, 0.25) is 0 Å². The van der Waals surface area contributed by atoms with Crippen molar-refractivity contribution in [2.24, 2.45) is 11.1 Å². The van der Waals surface area contributed by atoms with Crippen molar-refractivity contribution in [3.05, 3.63) is 12.2 Å². The molecule has 2 heteroatoms. The first-order valence-corrected chi connectivity index (χ1v) is 5.28. The van der Waals surface area contributed by atoms with Gasteiger partial charge in [-0.25, -0.2) is 0 Å². The fourth-order valence-corrected chi connectivity index (χ4v) is 1.76. The van der Waals surface area contributed by atoms with Gasteiger partial charge in [0.25, 0.3) is 0 Å². The number of hydrogen-bond acceptors (Lipinski definition) is 2. The topological polar surface area (TPSA) is 35.2 Å². The first kappa shape index (κ1) is 13.7. The molecule has 0 aliphatic rings. The average Bonchev–Trinajstić information content (AvgIpc) is 2.02. The lowest BCUT2D eigenvalue weighted by Gasteiger charge is -2.34. The molecule has 2 N–H and O–H groups in total. The Morgan fingerprint density at radius 3 is 2.21 bits per heavy atom. The fourth-order valence-electron chi connectivity index (χ4n) is 1.76. The van der Waals surface area contributed by atoms with Crippen molar-refractivity contribution in [2.75, 3.05) is 7.11 Å². The van der Waals surface area contributed by atoms with E-state index < -0.39 is 0 Å². The van der Waals surface area contributed by atoms with E-state index in [4.69, 9.17) is 10.5 Å². The molecule has 0 aromatic heterocycles. The highest BCUT2D eigenvalue weighted by Crippen LogP contribution is 2.26.